The van der Waals surface area contributed by atoms with Crippen molar-refractivity contribution < 1.29 is 31.6 Å². The summed E-state index contributed by atoms with van der Waals surface area (Å²) >= 11 is 0. The normalized spacial score (nSPS) is 11.7. The number of hydrogen-bond donors (Lipinski definition) is 2. The first kappa shape index (κ1) is 25.4. The molecule has 0 saturated heterocycles. The van der Waals surface area contributed by atoms with Crippen LogP contribution >= 0.6 is 0 Å². The van der Waals surface area contributed by atoms with Gasteiger partial charge in [0.25, 0.3) is 15.7 Å². The van der Waals surface area contributed by atoms with E-state index in [1.165, 1.54) is 62.6 Å². The van der Waals surface area contributed by atoms with Gasteiger partial charge in [0.15, 0.2) is 0 Å². The number of hydrogen-bond acceptors (Lipinski definition) is 8. The number of non-ortho nitro benzene ring substituents is 1. The van der Waals surface area contributed by atoms with Crippen molar-refractivity contribution in [1.82, 2.24) is 0 Å². The highest BCUT2D eigenvalue weighted by Crippen LogP contribution is 2.29. The van der Waals surface area contributed by atoms with E-state index in [1.807, 2.05) is 0 Å². The number of nitro groups is 1. The van der Waals surface area contributed by atoms with Gasteiger partial charge in [0, 0.05) is 23.4 Å². The lowest BCUT2D eigenvalue weighted by atomic mass is 10.1. The van der Waals surface area contributed by atoms with E-state index < -0.39 is 32.1 Å². The Morgan fingerprint density at radius 3 is 2.40 bits per heavy atom. The van der Waals surface area contributed by atoms with Gasteiger partial charge in [0.1, 0.15) is 16.4 Å². The molecule has 0 aromatic heterocycles. The molecule has 35 heavy (non-hydrogen) atoms. The number of nitrogens with zero attached hydrogens (tertiary/aromatic N) is 2. The number of para-hydroxylation sites is 1. The molecule has 13 heteroatoms. The Balaban J connectivity index is 1.96. The molecule has 3 rings (SSSR count). The van der Waals surface area contributed by atoms with Crippen molar-refractivity contribution in [3.8, 4) is 11.5 Å². The molecular formula is C22H20F2N4O6S. The predicted octanol–water partition coefficient (Wildman–Crippen LogP) is 4.84. The summed E-state index contributed by atoms with van der Waals surface area (Å²) in [6, 6.07) is 15.1. The fraction of sp³-hybridized carbons (Fsp3) is 0.136. The van der Waals surface area contributed by atoms with Crippen molar-refractivity contribution in [2.75, 3.05) is 17.3 Å². The topological polar surface area (TPSA) is 132 Å². The van der Waals surface area contributed by atoms with E-state index in [1.54, 1.807) is 6.07 Å². The van der Waals surface area contributed by atoms with Crippen LogP contribution in [-0.2, 0) is 10.0 Å². The number of hydrazone groups is 1. The SMILES string of the molecule is COc1ccc(NS(=O)(=O)c2cc([N+](=O)[O-])ccc2NN=C(C)c2ccccc2OC(F)F)cc1. The van der Waals surface area contributed by atoms with Gasteiger partial charge in [-0.2, -0.15) is 13.9 Å². The van der Waals surface area contributed by atoms with Gasteiger partial charge in [-0.25, -0.2) is 8.42 Å². The number of benzene rings is 3. The highest BCUT2D eigenvalue weighted by atomic mass is 32.2. The molecule has 0 spiro atoms. The van der Waals surface area contributed by atoms with Gasteiger partial charge in [-0.15, -0.1) is 0 Å². The van der Waals surface area contributed by atoms with Crippen molar-refractivity contribution in [2.45, 2.75) is 18.4 Å². The third-order valence-corrected chi connectivity index (χ3v) is 6.07. The first-order chi connectivity index (χ1) is 16.6. The fourth-order valence-corrected chi connectivity index (χ4v) is 4.21. The number of sulfonamides is 1. The van der Waals surface area contributed by atoms with Crippen LogP contribution in [0.3, 0.4) is 0 Å². The van der Waals surface area contributed by atoms with Gasteiger partial charge in [-0.05, 0) is 49.4 Å². The summed E-state index contributed by atoms with van der Waals surface area (Å²) in [4.78, 5) is 10.1. The molecule has 0 bridgehead atoms. The average molecular weight is 506 g/mol. The lowest BCUT2D eigenvalue weighted by Crippen LogP contribution is -2.15. The Kier molecular flexibility index (Phi) is 7.81. The maximum absolute atomic E-state index is 13.1. The van der Waals surface area contributed by atoms with Crippen LogP contribution in [0.1, 0.15) is 12.5 Å². The Morgan fingerprint density at radius 1 is 1.09 bits per heavy atom. The molecule has 0 amide bonds. The highest BCUT2D eigenvalue weighted by molar-refractivity contribution is 7.92. The van der Waals surface area contributed by atoms with E-state index in [2.05, 4.69) is 20.0 Å². The molecule has 3 aromatic carbocycles. The zero-order valence-corrected chi connectivity index (χ0v) is 19.3. The van der Waals surface area contributed by atoms with Gasteiger partial charge < -0.3 is 9.47 Å². The summed E-state index contributed by atoms with van der Waals surface area (Å²) in [7, 11) is -2.85. The number of halogens is 2. The molecule has 0 unspecified atom stereocenters. The quantitative estimate of drug-likeness (QED) is 0.228. The number of anilines is 2. The summed E-state index contributed by atoms with van der Waals surface area (Å²) in [5.41, 5.74) is 2.65. The van der Waals surface area contributed by atoms with Crippen LogP contribution in [0.5, 0.6) is 11.5 Å². The largest absolute Gasteiger partial charge is 0.497 e. The molecule has 0 aliphatic carbocycles. The van der Waals surface area contributed by atoms with Crippen LogP contribution in [0, 0.1) is 10.1 Å². The molecule has 0 atom stereocenters. The molecule has 10 nitrogen and oxygen atoms in total. The van der Waals surface area contributed by atoms with Gasteiger partial charge >= 0.3 is 6.61 Å². The lowest BCUT2D eigenvalue weighted by Gasteiger charge is -2.13. The van der Waals surface area contributed by atoms with E-state index in [4.69, 9.17) is 4.74 Å². The van der Waals surface area contributed by atoms with Gasteiger partial charge in [-0.1, -0.05) is 12.1 Å². The summed E-state index contributed by atoms with van der Waals surface area (Å²) < 4.78 is 63.5. The third-order valence-electron chi connectivity index (χ3n) is 4.64. The molecule has 0 fully saturated rings. The van der Waals surface area contributed by atoms with Crippen LogP contribution in [0.4, 0.5) is 25.8 Å². The zero-order valence-electron chi connectivity index (χ0n) is 18.4. The summed E-state index contributed by atoms with van der Waals surface area (Å²) in [5.74, 6) is 0.384. The van der Waals surface area contributed by atoms with Crippen LogP contribution < -0.4 is 19.6 Å². The molecule has 0 heterocycles. The second-order valence-electron chi connectivity index (χ2n) is 6.96. The maximum atomic E-state index is 13.1. The zero-order chi connectivity index (χ0) is 25.6. The maximum Gasteiger partial charge on any atom is 0.387 e. The standard InChI is InChI=1S/C22H20F2N4O6S/c1-14(18-5-3-4-6-20(18)34-22(23)24)25-26-19-12-9-16(28(29)30)13-21(19)35(31,32)27-15-7-10-17(33-2)11-8-15/h3-13,22,26-27H,1-2H3. The van der Waals surface area contributed by atoms with Gasteiger partial charge in [-0.3, -0.25) is 20.3 Å². The molecule has 2 N–H and O–H groups in total. The number of nitro benzene ring substituents is 1. The van der Waals surface area contributed by atoms with Crippen LogP contribution in [0.2, 0.25) is 0 Å². The summed E-state index contributed by atoms with van der Waals surface area (Å²) in [5, 5.41) is 15.3. The summed E-state index contributed by atoms with van der Waals surface area (Å²) in [6.07, 6.45) is 0. The van der Waals surface area contributed by atoms with Crippen LogP contribution in [-0.4, -0.2) is 32.8 Å². The Hall–Kier alpha value is -4.26. The Bertz CT molecular complexity index is 1350. The fourth-order valence-electron chi connectivity index (χ4n) is 2.98. The highest BCUT2D eigenvalue weighted by Gasteiger charge is 2.23. The van der Waals surface area contributed by atoms with Crippen LogP contribution in [0.25, 0.3) is 0 Å². The van der Waals surface area contributed by atoms with Crippen molar-refractivity contribution in [2.24, 2.45) is 5.10 Å². The molecule has 0 saturated carbocycles. The van der Waals surface area contributed by atoms with Crippen molar-refractivity contribution >= 4 is 32.8 Å². The first-order valence-electron chi connectivity index (χ1n) is 9.90. The first-order valence-corrected chi connectivity index (χ1v) is 11.4. The molecule has 0 radical (unpaired) electrons. The molecule has 0 aliphatic rings. The van der Waals surface area contributed by atoms with Crippen molar-refractivity contribution in [1.29, 1.82) is 0 Å². The Labute approximate surface area is 199 Å². The predicted molar refractivity (Wildman–Crippen MR) is 126 cm³/mol. The second kappa shape index (κ2) is 10.8. The van der Waals surface area contributed by atoms with Gasteiger partial charge in [0.05, 0.1) is 23.4 Å². The molecule has 3 aromatic rings. The third kappa shape index (κ3) is 6.41. The lowest BCUT2D eigenvalue weighted by molar-refractivity contribution is -0.385. The minimum atomic E-state index is -4.31. The number of nitrogens with one attached hydrogen (secondary N) is 2. The minimum Gasteiger partial charge on any atom is -0.497 e. The second-order valence-corrected chi connectivity index (χ2v) is 8.61. The monoisotopic (exact) mass is 506 g/mol. The van der Waals surface area contributed by atoms with Crippen molar-refractivity contribution in [3.05, 3.63) is 82.4 Å². The molecular weight excluding hydrogens is 486 g/mol. The number of alkyl halides is 2. The van der Waals surface area contributed by atoms with E-state index in [0.717, 1.165) is 12.1 Å². The molecule has 0 aliphatic heterocycles. The molecule has 184 valence electrons. The van der Waals surface area contributed by atoms with E-state index >= 15 is 0 Å². The van der Waals surface area contributed by atoms with Crippen molar-refractivity contribution in [3.63, 3.8) is 0 Å². The van der Waals surface area contributed by atoms with E-state index in [9.17, 15) is 27.3 Å². The van der Waals surface area contributed by atoms with Gasteiger partial charge in [0.2, 0.25) is 0 Å². The number of rotatable bonds is 10. The number of methoxy groups -OCH3 is 1. The number of ether oxygens (including phenoxy) is 2. The van der Waals surface area contributed by atoms with Crippen LogP contribution in [0.15, 0.2) is 76.7 Å². The van der Waals surface area contributed by atoms with E-state index in [0.29, 0.717) is 5.75 Å². The smallest absolute Gasteiger partial charge is 0.387 e. The Morgan fingerprint density at radius 2 is 1.77 bits per heavy atom. The summed E-state index contributed by atoms with van der Waals surface area (Å²) in [6.45, 7) is -1.55. The van der Waals surface area contributed by atoms with E-state index in [-0.39, 0.29) is 28.4 Å². The average Bonchev–Trinajstić information content (AvgIpc) is 2.82. The minimum absolute atomic E-state index is 0.0804.